The van der Waals surface area contributed by atoms with E-state index < -0.39 is 0 Å². The van der Waals surface area contributed by atoms with E-state index in [0.29, 0.717) is 29.1 Å². The van der Waals surface area contributed by atoms with Crippen molar-refractivity contribution in [2.45, 2.75) is 25.4 Å². The van der Waals surface area contributed by atoms with Gasteiger partial charge in [0, 0.05) is 36.1 Å². The summed E-state index contributed by atoms with van der Waals surface area (Å²) in [5.74, 6) is 0.408. The molecular formula is C28H34N8O. The molecular weight excluding hydrogens is 464 g/mol. The third-order valence-corrected chi connectivity index (χ3v) is 6.23. The number of likely N-dealkylation sites (tertiary alicyclic amines) is 1. The normalized spacial score (nSPS) is 15.9. The number of anilines is 2. The number of amides is 1. The third-order valence-electron chi connectivity index (χ3n) is 6.23. The van der Waals surface area contributed by atoms with E-state index in [1.807, 2.05) is 71.1 Å². The summed E-state index contributed by atoms with van der Waals surface area (Å²) in [6.45, 7) is 9.66. The van der Waals surface area contributed by atoms with Crippen molar-refractivity contribution in [3.63, 3.8) is 0 Å². The zero-order chi connectivity index (χ0) is 26.4. The highest BCUT2D eigenvalue weighted by molar-refractivity contribution is 5.98. The van der Waals surface area contributed by atoms with Gasteiger partial charge in [0.1, 0.15) is 17.8 Å². The Hall–Kier alpha value is -4.24. The Morgan fingerprint density at radius 1 is 1.24 bits per heavy atom. The van der Waals surface area contributed by atoms with Crippen LogP contribution >= 0.6 is 0 Å². The first-order valence-electron chi connectivity index (χ1n) is 12.3. The van der Waals surface area contributed by atoms with E-state index in [0.717, 1.165) is 42.9 Å². The Kier molecular flexibility index (Phi) is 8.15. The van der Waals surface area contributed by atoms with Crippen molar-refractivity contribution in [1.82, 2.24) is 29.5 Å². The van der Waals surface area contributed by atoms with Crippen LogP contribution in [0.2, 0.25) is 0 Å². The first-order chi connectivity index (χ1) is 17.9. The lowest BCUT2D eigenvalue weighted by molar-refractivity contribution is -0.127. The van der Waals surface area contributed by atoms with Gasteiger partial charge in [-0.25, -0.2) is 14.6 Å². The lowest BCUT2D eigenvalue weighted by Crippen LogP contribution is -2.37. The van der Waals surface area contributed by atoms with Crippen molar-refractivity contribution in [2.75, 3.05) is 38.2 Å². The van der Waals surface area contributed by atoms with Crippen molar-refractivity contribution in [1.29, 1.82) is 0 Å². The van der Waals surface area contributed by atoms with Crippen LogP contribution in [0.3, 0.4) is 0 Å². The van der Waals surface area contributed by atoms with Crippen molar-refractivity contribution >= 4 is 28.4 Å². The molecule has 0 aliphatic carbocycles. The second-order valence-corrected chi connectivity index (χ2v) is 9.30. The molecule has 0 bridgehead atoms. The molecule has 3 heterocycles. The lowest BCUT2D eigenvalue weighted by atomic mass is 10.1. The summed E-state index contributed by atoms with van der Waals surface area (Å²) in [5.41, 5.74) is 10.2. The second-order valence-electron chi connectivity index (χ2n) is 9.30. The molecule has 3 N–H and O–H groups in total. The quantitative estimate of drug-likeness (QED) is 0.323. The molecule has 1 aliphatic rings. The van der Waals surface area contributed by atoms with Crippen molar-refractivity contribution in [3.05, 3.63) is 79.8 Å². The van der Waals surface area contributed by atoms with Crippen LogP contribution in [0.1, 0.15) is 12.8 Å². The fourth-order valence-corrected chi connectivity index (χ4v) is 4.46. The molecule has 0 spiro atoms. The number of hydrogen-bond acceptors (Lipinski definition) is 7. The molecule has 37 heavy (non-hydrogen) atoms. The standard InChI is InChI=1S/C28H34N8O/c1-5-6-9-20(2)32-22-14-12-21(13-15-22)26-25-27(29)30-19-31-28(25)36(33-26)18-23-10-7-17-35(23)24(37)11-8-16-34(3)4/h5-6,8-9,11-15,19,23,32H,1-2,7,10,16-18H2,3-4H3,(H2,29,30,31)/b9-6-,11-8+/t23-/m0/s1. The van der Waals surface area contributed by atoms with Gasteiger partial charge in [-0.2, -0.15) is 5.10 Å². The third kappa shape index (κ3) is 6.13. The molecule has 9 nitrogen and oxygen atoms in total. The predicted octanol–water partition coefficient (Wildman–Crippen LogP) is 3.85. The largest absolute Gasteiger partial charge is 0.383 e. The van der Waals surface area contributed by atoms with Gasteiger partial charge in [-0.05, 0) is 45.1 Å². The Bertz CT molecular complexity index is 1340. The molecule has 0 unspecified atom stereocenters. The molecule has 9 heteroatoms. The number of rotatable bonds is 10. The number of nitrogens with two attached hydrogens (primary N) is 1. The van der Waals surface area contributed by atoms with E-state index in [-0.39, 0.29) is 11.9 Å². The maximum absolute atomic E-state index is 12.9. The van der Waals surface area contributed by atoms with Gasteiger partial charge in [-0.15, -0.1) is 0 Å². The Morgan fingerprint density at radius 3 is 2.76 bits per heavy atom. The van der Waals surface area contributed by atoms with E-state index in [4.69, 9.17) is 10.8 Å². The van der Waals surface area contributed by atoms with E-state index in [1.165, 1.54) is 6.33 Å². The minimum Gasteiger partial charge on any atom is -0.383 e. The maximum Gasteiger partial charge on any atom is 0.246 e. The molecule has 1 amide bonds. The van der Waals surface area contributed by atoms with E-state index in [1.54, 1.807) is 12.2 Å². The van der Waals surface area contributed by atoms with Gasteiger partial charge in [-0.3, -0.25) is 4.79 Å². The smallest absolute Gasteiger partial charge is 0.246 e. The first-order valence-corrected chi connectivity index (χ1v) is 12.3. The van der Waals surface area contributed by atoms with Gasteiger partial charge >= 0.3 is 0 Å². The molecule has 1 fully saturated rings. The number of nitrogen functional groups attached to an aromatic ring is 1. The van der Waals surface area contributed by atoms with E-state index in [9.17, 15) is 4.79 Å². The summed E-state index contributed by atoms with van der Waals surface area (Å²) < 4.78 is 1.86. The van der Waals surface area contributed by atoms with Gasteiger partial charge in [0.25, 0.3) is 0 Å². The van der Waals surface area contributed by atoms with Crippen molar-refractivity contribution in [2.24, 2.45) is 0 Å². The molecule has 1 aromatic carbocycles. The average Bonchev–Trinajstić information content (AvgIpc) is 3.49. The lowest BCUT2D eigenvalue weighted by Gasteiger charge is -2.23. The van der Waals surface area contributed by atoms with Crippen LogP contribution in [0.25, 0.3) is 22.3 Å². The van der Waals surface area contributed by atoms with Gasteiger partial charge < -0.3 is 20.9 Å². The molecule has 0 radical (unpaired) electrons. The highest BCUT2D eigenvalue weighted by atomic mass is 16.2. The van der Waals surface area contributed by atoms with E-state index >= 15 is 0 Å². The van der Waals surface area contributed by atoms with Crippen LogP contribution in [-0.2, 0) is 11.3 Å². The zero-order valence-electron chi connectivity index (χ0n) is 21.5. The van der Waals surface area contributed by atoms with E-state index in [2.05, 4.69) is 28.4 Å². The molecule has 1 atom stereocenters. The van der Waals surface area contributed by atoms with Gasteiger partial charge in [-0.1, -0.05) is 43.5 Å². The Morgan fingerprint density at radius 2 is 2.03 bits per heavy atom. The van der Waals surface area contributed by atoms with Crippen molar-refractivity contribution in [3.8, 4) is 11.3 Å². The Balaban J connectivity index is 1.59. The number of aromatic nitrogens is 4. The highest BCUT2D eigenvalue weighted by Crippen LogP contribution is 2.32. The van der Waals surface area contributed by atoms with Gasteiger partial charge in [0.15, 0.2) is 5.65 Å². The minimum absolute atomic E-state index is 0.0304. The number of nitrogens with zero attached hydrogens (tertiary/aromatic N) is 6. The molecule has 2 aromatic heterocycles. The minimum atomic E-state index is 0.0304. The van der Waals surface area contributed by atoms with Gasteiger partial charge in [0.2, 0.25) is 5.91 Å². The van der Waals surface area contributed by atoms with Crippen LogP contribution in [0, 0.1) is 0 Å². The van der Waals surface area contributed by atoms with Gasteiger partial charge in [0.05, 0.1) is 18.0 Å². The first kappa shape index (κ1) is 25.8. The summed E-state index contributed by atoms with van der Waals surface area (Å²) in [7, 11) is 3.95. The molecule has 0 saturated carbocycles. The molecule has 3 aromatic rings. The topological polar surface area (TPSA) is 105 Å². The highest BCUT2D eigenvalue weighted by Gasteiger charge is 2.29. The maximum atomic E-state index is 12.9. The molecule has 1 saturated heterocycles. The summed E-state index contributed by atoms with van der Waals surface area (Å²) in [5, 5.41) is 8.86. The fourth-order valence-electron chi connectivity index (χ4n) is 4.46. The van der Waals surface area contributed by atoms with Crippen LogP contribution in [-0.4, -0.2) is 68.7 Å². The number of benzene rings is 1. The SMILES string of the molecule is C=C/C=C\C(=C)Nc1ccc(-c2nn(C[C@@H]3CCCN3C(=O)/C=C/CN(C)C)c3ncnc(N)c23)cc1. The summed E-state index contributed by atoms with van der Waals surface area (Å²) >= 11 is 0. The fraction of sp³-hybridized carbons (Fsp3) is 0.286. The number of fused-ring (bicyclic) bond motifs is 1. The molecule has 192 valence electrons. The Labute approximate surface area is 217 Å². The molecule has 4 rings (SSSR count). The van der Waals surface area contributed by atoms with Crippen molar-refractivity contribution < 1.29 is 4.79 Å². The number of carbonyl (C=O) groups excluding carboxylic acids is 1. The second kappa shape index (κ2) is 11.7. The summed E-state index contributed by atoms with van der Waals surface area (Å²) in [6, 6.07) is 7.91. The van der Waals surface area contributed by atoms with Crippen LogP contribution in [0.4, 0.5) is 11.5 Å². The number of hydrogen-bond donors (Lipinski definition) is 2. The summed E-state index contributed by atoms with van der Waals surface area (Å²) in [6.07, 6.45) is 12.3. The monoisotopic (exact) mass is 498 g/mol. The van der Waals surface area contributed by atoms with Crippen LogP contribution < -0.4 is 11.1 Å². The predicted molar refractivity (Wildman–Crippen MR) is 150 cm³/mol. The number of nitrogens with one attached hydrogen (secondary N) is 1. The zero-order valence-corrected chi connectivity index (χ0v) is 21.5. The number of carbonyl (C=O) groups is 1. The average molecular weight is 499 g/mol. The number of allylic oxidation sites excluding steroid dienone is 3. The molecule has 1 aliphatic heterocycles. The van der Waals surface area contributed by atoms with Crippen LogP contribution in [0.15, 0.2) is 79.8 Å². The van der Waals surface area contributed by atoms with Crippen LogP contribution in [0.5, 0.6) is 0 Å². The summed E-state index contributed by atoms with van der Waals surface area (Å²) in [4.78, 5) is 25.5. The number of likely N-dealkylation sites (N-methyl/N-ethyl adjacent to an activating group) is 1.